The van der Waals surface area contributed by atoms with Gasteiger partial charge in [-0.05, 0) is 55.8 Å². The Kier molecular flexibility index (Phi) is 9.88. The van der Waals surface area contributed by atoms with Gasteiger partial charge in [0.05, 0.1) is 25.9 Å². The van der Waals surface area contributed by atoms with E-state index < -0.39 is 0 Å². The Hall–Kier alpha value is -2.33. The van der Waals surface area contributed by atoms with Crippen molar-refractivity contribution in [3.05, 3.63) is 81.4 Å². The first-order valence-electron chi connectivity index (χ1n) is 9.61. The van der Waals surface area contributed by atoms with E-state index in [-0.39, 0.29) is 29.9 Å². The SMILES string of the molecule is CCNC(=NCc1cccc(C(=O)NCc2ccco2)c1)NCc1ccc(C)s1.I. The molecule has 3 N–H and O–H groups in total. The van der Waals surface area contributed by atoms with Gasteiger partial charge in [0.2, 0.25) is 0 Å². The molecule has 0 spiro atoms. The first-order chi connectivity index (χ1) is 14.1. The van der Waals surface area contributed by atoms with Gasteiger partial charge >= 0.3 is 0 Å². The smallest absolute Gasteiger partial charge is 0.251 e. The quantitative estimate of drug-likeness (QED) is 0.225. The largest absolute Gasteiger partial charge is 0.467 e. The molecule has 0 bridgehead atoms. The van der Waals surface area contributed by atoms with E-state index in [4.69, 9.17) is 4.42 Å². The van der Waals surface area contributed by atoms with E-state index in [2.05, 4.69) is 40.0 Å². The first-order valence-corrected chi connectivity index (χ1v) is 10.4. The van der Waals surface area contributed by atoms with Crippen molar-refractivity contribution in [3.63, 3.8) is 0 Å². The predicted octanol–water partition coefficient (Wildman–Crippen LogP) is 4.45. The summed E-state index contributed by atoms with van der Waals surface area (Å²) in [6.07, 6.45) is 1.59. The molecule has 3 rings (SSSR count). The summed E-state index contributed by atoms with van der Waals surface area (Å²) < 4.78 is 5.24. The number of halogens is 1. The van der Waals surface area contributed by atoms with E-state index in [1.165, 1.54) is 9.75 Å². The van der Waals surface area contributed by atoms with Crippen LogP contribution < -0.4 is 16.0 Å². The second kappa shape index (κ2) is 12.4. The molecule has 30 heavy (non-hydrogen) atoms. The molecule has 8 heteroatoms. The molecule has 0 aliphatic rings. The standard InChI is InChI=1S/C22H26N4O2S.HI/c1-3-23-22(26-15-20-10-9-16(2)29-20)25-13-17-6-4-7-18(12-17)21(27)24-14-19-8-5-11-28-19;/h4-12H,3,13-15H2,1-2H3,(H,24,27)(H2,23,25,26);1H. The molecule has 0 radical (unpaired) electrons. The van der Waals surface area contributed by atoms with Gasteiger partial charge in [-0.1, -0.05) is 12.1 Å². The van der Waals surface area contributed by atoms with Gasteiger partial charge in [0.15, 0.2) is 5.96 Å². The number of hydrogen-bond acceptors (Lipinski definition) is 4. The molecule has 1 amide bonds. The van der Waals surface area contributed by atoms with Crippen LogP contribution in [-0.2, 0) is 19.6 Å². The number of nitrogens with one attached hydrogen (secondary N) is 3. The molecule has 0 fully saturated rings. The van der Waals surface area contributed by atoms with Crippen molar-refractivity contribution >= 4 is 47.2 Å². The lowest BCUT2D eigenvalue weighted by atomic mass is 10.1. The number of aliphatic imine (C=N–C) groups is 1. The topological polar surface area (TPSA) is 78.7 Å². The van der Waals surface area contributed by atoms with Crippen LogP contribution in [0.5, 0.6) is 0 Å². The zero-order valence-electron chi connectivity index (χ0n) is 17.1. The summed E-state index contributed by atoms with van der Waals surface area (Å²) in [4.78, 5) is 19.6. The van der Waals surface area contributed by atoms with E-state index in [0.29, 0.717) is 18.7 Å². The van der Waals surface area contributed by atoms with E-state index in [1.54, 1.807) is 29.7 Å². The summed E-state index contributed by atoms with van der Waals surface area (Å²) in [6, 6.07) is 15.4. The van der Waals surface area contributed by atoms with Crippen molar-refractivity contribution < 1.29 is 9.21 Å². The van der Waals surface area contributed by atoms with Gasteiger partial charge in [0, 0.05) is 21.9 Å². The van der Waals surface area contributed by atoms with Gasteiger partial charge in [0.1, 0.15) is 5.76 Å². The van der Waals surface area contributed by atoms with Gasteiger partial charge in [0.25, 0.3) is 5.91 Å². The molecule has 2 heterocycles. The normalized spacial score (nSPS) is 10.9. The van der Waals surface area contributed by atoms with Crippen molar-refractivity contribution in [2.75, 3.05) is 6.54 Å². The highest BCUT2D eigenvalue weighted by molar-refractivity contribution is 14.0. The summed E-state index contributed by atoms with van der Waals surface area (Å²) in [5, 5.41) is 9.47. The summed E-state index contributed by atoms with van der Waals surface area (Å²) in [5.41, 5.74) is 1.58. The third kappa shape index (κ3) is 7.49. The van der Waals surface area contributed by atoms with Gasteiger partial charge in [-0.2, -0.15) is 0 Å². The van der Waals surface area contributed by atoms with Crippen molar-refractivity contribution in [2.45, 2.75) is 33.5 Å². The molecule has 0 atom stereocenters. The molecular weight excluding hydrogens is 511 g/mol. The zero-order chi connectivity index (χ0) is 20.5. The number of amides is 1. The zero-order valence-corrected chi connectivity index (χ0v) is 20.3. The molecule has 3 aromatic rings. The Morgan fingerprint density at radius 1 is 1.07 bits per heavy atom. The van der Waals surface area contributed by atoms with Crippen LogP contribution in [0.15, 0.2) is 64.2 Å². The van der Waals surface area contributed by atoms with E-state index in [1.807, 2.05) is 31.2 Å². The minimum absolute atomic E-state index is 0. The fraction of sp³-hybridized carbons (Fsp3) is 0.273. The second-order valence-corrected chi connectivity index (χ2v) is 7.90. The number of guanidine groups is 1. The van der Waals surface area contributed by atoms with Gasteiger partial charge < -0.3 is 20.4 Å². The average molecular weight is 538 g/mol. The summed E-state index contributed by atoms with van der Waals surface area (Å²) >= 11 is 1.77. The van der Waals surface area contributed by atoms with Crippen LogP contribution in [0.3, 0.4) is 0 Å². The minimum atomic E-state index is -0.134. The monoisotopic (exact) mass is 538 g/mol. The van der Waals surface area contributed by atoms with Gasteiger partial charge in [-0.15, -0.1) is 35.3 Å². The minimum Gasteiger partial charge on any atom is -0.467 e. The molecule has 0 aliphatic carbocycles. The van der Waals surface area contributed by atoms with Gasteiger partial charge in [-0.25, -0.2) is 4.99 Å². The van der Waals surface area contributed by atoms with Crippen LogP contribution >= 0.6 is 35.3 Å². The van der Waals surface area contributed by atoms with Crippen LogP contribution in [-0.4, -0.2) is 18.4 Å². The molecule has 0 saturated carbocycles. The van der Waals surface area contributed by atoms with Crippen LogP contribution in [0.4, 0.5) is 0 Å². The highest BCUT2D eigenvalue weighted by atomic mass is 127. The number of hydrogen-bond donors (Lipinski definition) is 3. The number of aryl methyl sites for hydroxylation is 1. The highest BCUT2D eigenvalue weighted by Gasteiger charge is 2.07. The first kappa shape index (κ1) is 23.9. The van der Waals surface area contributed by atoms with Crippen LogP contribution in [0.1, 0.15) is 38.4 Å². The molecular formula is C22H27IN4O2S. The number of benzene rings is 1. The number of thiophene rings is 1. The molecule has 1 aromatic carbocycles. The maximum Gasteiger partial charge on any atom is 0.251 e. The van der Waals surface area contributed by atoms with Crippen LogP contribution in [0, 0.1) is 6.92 Å². The number of nitrogens with zero attached hydrogens (tertiary/aromatic N) is 1. The maximum atomic E-state index is 12.4. The number of carbonyl (C=O) groups is 1. The van der Waals surface area contributed by atoms with Gasteiger partial charge in [-0.3, -0.25) is 4.79 Å². The van der Waals surface area contributed by atoms with Crippen molar-refractivity contribution in [3.8, 4) is 0 Å². The number of rotatable bonds is 8. The van der Waals surface area contributed by atoms with Crippen molar-refractivity contribution in [1.29, 1.82) is 0 Å². The Morgan fingerprint density at radius 2 is 1.93 bits per heavy atom. The lowest BCUT2D eigenvalue weighted by molar-refractivity contribution is 0.0948. The van der Waals surface area contributed by atoms with E-state index in [9.17, 15) is 4.79 Å². The summed E-state index contributed by atoms with van der Waals surface area (Å²) in [5.74, 6) is 1.35. The van der Waals surface area contributed by atoms with E-state index >= 15 is 0 Å². The predicted molar refractivity (Wildman–Crippen MR) is 132 cm³/mol. The molecule has 0 saturated heterocycles. The fourth-order valence-electron chi connectivity index (χ4n) is 2.76. The molecule has 6 nitrogen and oxygen atoms in total. The summed E-state index contributed by atoms with van der Waals surface area (Å²) in [6.45, 7) is 6.51. The fourth-order valence-corrected chi connectivity index (χ4v) is 3.59. The number of furan rings is 1. The molecule has 160 valence electrons. The third-order valence-electron chi connectivity index (χ3n) is 4.18. The van der Waals surface area contributed by atoms with Crippen LogP contribution in [0.25, 0.3) is 0 Å². The lowest BCUT2D eigenvalue weighted by Gasteiger charge is -2.11. The highest BCUT2D eigenvalue weighted by Crippen LogP contribution is 2.14. The Morgan fingerprint density at radius 3 is 2.63 bits per heavy atom. The Balaban J connectivity index is 0.00000320. The summed E-state index contributed by atoms with van der Waals surface area (Å²) in [7, 11) is 0. The molecule has 0 aliphatic heterocycles. The maximum absolute atomic E-state index is 12.4. The average Bonchev–Trinajstić information content (AvgIpc) is 3.40. The lowest BCUT2D eigenvalue weighted by Crippen LogP contribution is -2.36. The van der Waals surface area contributed by atoms with Crippen molar-refractivity contribution in [1.82, 2.24) is 16.0 Å². The number of carbonyl (C=O) groups excluding carboxylic acids is 1. The Bertz CT molecular complexity index is 954. The second-order valence-electron chi connectivity index (χ2n) is 6.52. The van der Waals surface area contributed by atoms with Crippen LogP contribution in [0.2, 0.25) is 0 Å². The molecule has 0 unspecified atom stereocenters. The third-order valence-corrected chi connectivity index (χ3v) is 5.18. The van der Waals surface area contributed by atoms with Crippen molar-refractivity contribution in [2.24, 2.45) is 4.99 Å². The van der Waals surface area contributed by atoms with E-state index in [0.717, 1.165) is 30.4 Å². The Labute approximate surface area is 198 Å². The molecule has 2 aromatic heterocycles.